The largest absolute Gasteiger partial charge is 0.475 e. The lowest BCUT2D eigenvalue weighted by molar-refractivity contribution is 0.0663. The smallest absolute Gasteiger partial charge is 0.372 e. The van der Waals surface area contributed by atoms with Gasteiger partial charge in [0.25, 0.3) is 0 Å². The van der Waals surface area contributed by atoms with E-state index in [1.807, 2.05) is 37.3 Å². The van der Waals surface area contributed by atoms with Crippen molar-refractivity contribution in [1.82, 2.24) is 0 Å². The van der Waals surface area contributed by atoms with E-state index in [0.29, 0.717) is 12.0 Å². The third-order valence-corrected chi connectivity index (χ3v) is 4.08. The summed E-state index contributed by atoms with van der Waals surface area (Å²) in [6, 6.07) is 9.88. The zero-order chi connectivity index (χ0) is 13.6. The van der Waals surface area contributed by atoms with Gasteiger partial charge in [-0.3, -0.25) is 0 Å². The summed E-state index contributed by atoms with van der Waals surface area (Å²) < 4.78 is 6.35. The van der Waals surface area contributed by atoms with Gasteiger partial charge in [0.05, 0.1) is 4.47 Å². The molecule has 0 aliphatic carbocycles. The van der Waals surface area contributed by atoms with Gasteiger partial charge in [0.2, 0.25) is 5.76 Å². The molecule has 0 bridgehead atoms. The Morgan fingerprint density at radius 1 is 1.32 bits per heavy atom. The zero-order valence-electron chi connectivity index (χ0n) is 10.2. The van der Waals surface area contributed by atoms with Gasteiger partial charge in [-0.25, -0.2) is 4.79 Å². The van der Waals surface area contributed by atoms with Crippen molar-refractivity contribution in [2.45, 2.75) is 13.3 Å². The number of hydrogen-bond acceptors (Lipinski definition) is 2. The first kappa shape index (κ1) is 12.2. The molecule has 0 fully saturated rings. The van der Waals surface area contributed by atoms with Crippen molar-refractivity contribution in [2.24, 2.45) is 0 Å². The monoisotopic (exact) mass is 318 g/mol. The number of furan rings is 1. The lowest BCUT2D eigenvalue weighted by Gasteiger charge is -2.02. The second kappa shape index (κ2) is 4.38. The van der Waals surface area contributed by atoms with Crippen molar-refractivity contribution < 1.29 is 14.3 Å². The lowest BCUT2D eigenvalue weighted by Crippen LogP contribution is -1.97. The minimum absolute atomic E-state index is 0.0357. The Morgan fingerprint density at radius 3 is 2.74 bits per heavy atom. The topological polar surface area (TPSA) is 50.4 Å². The third-order valence-electron chi connectivity index (χ3n) is 3.29. The van der Waals surface area contributed by atoms with E-state index in [1.165, 1.54) is 0 Å². The van der Waals surface area contributed by atoms with Crippen molar-refractivity contribution in [1.29, 1.82) is 0 Å². The molecule has 2 aromatic carbocycles. The van der Waals surface area contributed by atoms with Gasteiger partial charge in [-0.1, -0.05) is 31.2 Å². The van der Waals surface area contributed by atoms with Crippen LogP contribution in [-0.2, 0) is 6.42 Å². The highest BCUT2D eigenvalue weighted by atomic mass is 79.9. The molecule has 3 aromatic rings. The molecule has 1 heterocycles. The predicted molar refractivity (Wildman–Crippen MR) is 77.8 cm³/mol. The first-order valence-electron chi connectivity index (χ1n) is 5.99. The molecule has 0 aliphatic rings. The van der Waals surface area contributed by atoms with Crippen LogP contribution >= 0.6 is 15.9 Å². The van der Waals surface area contributed by atoms with Crippen molar-refractivity contribution in [3.8, 4) is 0 Å². The molecule has 0 atom stereocenters. The van der Waals surface area contributed by atoms with E-state index in [-0.39, 0.29) is 5.76 Å². The third kappa shape index (κ3) is 1.75. The van der Waals surface area contributed by atoms with Crippen LogP contribution in [0.25, 0.3) is 21.7 Å². The van der Waals surface area contributed by atoms with E-state index in [1.54, 1.807) is 0 Å². The van der Waals surface area contributed by atoms with E-state index >= 15 is 0 Å². The van der Waals surface area contributed by atoms with Gasteiger partial charge in [-0.05, 0) is 39.2 Å². The number of hydrogen-bond donors (Lipinski definition) is 1. The van der Waals surface area contributed by atoms with Gasteiger partial charge < -0.3 is 9.52 Å². The van der Waals surface area contributed by atoms with Gasteiger partial charge in [-0.15, -0.1) is 0 Å². The van der Waals surface area contributed by atoms with E-state index in [9.17, 15) is 9.90 Å². The Labute approximate surface area is 118 Å². The minimum Gasteiger partial charge on any atom is -0.475 e. The SMILES string of the molecule is CCc1c(C(=O)O)oc2c(Br)c3ccccc3cc12. The molecule has 1 aromatic heterocycles. The summed E-state index contributed by atoms with van der Waals surface area (Å²) in [5.74, 6) is -0.988. The molecule has 0 saturated carbocycles. The molecule has 0 spiro atoms. The van der Waals surface area contributed by atoms with Crippen LogP contribution in [0.3, 0.4) is 0 Å². The van der Waals surface area contributed by atoms with Crippen LogP contribution in [-0.4, -0.2) is 11.1 Å². The van der Waals surface area contributed by atoms with Gasteiger partial charge in [0.15, 0.2) is 0 Å². The maximum atomic E-state index is 11.2. The Hall–Kier alpha value is -1.81. The molecule has 0 amide bonds. The number of benzene rings is 2. The summed E-state index contributed by atoms with van der Waals surface area (Å²) in [5.41, 5.74) is 1.35. The van der Waals surface area contributed by atoms with E-state index < -0.39 is 5.97 Å². The van der Waals surface area contributed by atoms with Crippen LogP contribution in [0.4, 0.5) is 0 Å². The molecule has 96 valence electrons. The Morgan fingerprint density at radius 2 is 2.05 bits per heavy atom. The standard InChI is InChI=1S/C15H11BrO3/c1-2-9-11-7-8-5-3-4-6-10(8)12(16)13(11)19-14(9)15(17)18/h3-7H,2H2,1H3,(H,17,18). The zero-order valence-corrected chi connectivity index (χ0v) is 11.8. The number of rotatable bonds is 2. The number of carboxylic acids is 1. The van der Waals surface area contributed by atoms with Crippen LogP contribution in [0.5, 0.6) is 0 Å². The number of carbonyl (C=O) groups is 1. The molecule has 0 aliphatic heterocycles. The summed E-state index contributed by atoms with van der Waals surface area (Å²) in [6.45, 7) is 1.93. The van der Waals surface area contributed by atoms with E-state index in [4.69, 9.17) is 4.42 Å². The summed E-state index contributed by atoms with van der Waals surface area (Å²) >= 11 is 3.52. The average molecular weight is 319 g/mol. The normalized spacial score (nSPS) is 11.3. The number of halogens is 1. The summed E-state index contributed by atoms with van der Waals surface area (Å²) in [4.78, 5) is 11.2. The quantitative estimate of drug-likeness (QED) is 0.750. The van der Waals surface area contributed by atoms with Gasteiger partial charge in [-0.2, -0.15) is 0 Å². The lowest BCUT2D eigenvalue weighted by atomic mass is 10.0. The molecule has 1 N–H and O–H groups in total. The highest BCUT2D eigenvalue weighted by Crippen LogP contribution is 2.37. The number of carboxylic acid groups (broad SMARTS) is 1. The van der Waals surface area contributed by atoms with Crippen LogP contribution in [0.1, 0.15) is 23.0 Å². The molecule has 0 unspecified atom stereocenters. The Balaban J connectivity index is 2.51. The maximum Gasteiger partial charge on any atom is 0.372 e. The van der Waals surface area contributed by atoms with Crippen LogP contribution in [0.2, 0.25) is 0 Å². The fourth-order valence-electron chi connectivity index (χ4n) is 2.42. The highest BCUT2D eigenvalue weighted by molar-refractivity contribution is 9.10. The molecular weight excluding hydrogens is 308 g/mol. The molecule has 19 heavy (non-hydrogen) atoms. The first-order chi connectivity index (χ1) is 9.13. The number of fused-ring (bicyclic) bond motifs is 2. The second-order valence-electron chi connectivity index (χ2n) is 4.36. The first-order valence-corrected chi connectivity index (χ1v) is 6.78. The predicted octanol–water partition coefficient (Wildman–Crippen LogP) is 4.61. The summed E-state index contributed by atoms with van der Waals surface area (Å²) in [6.07, 6.45) is 0.624. The van der Waals surface area contributed by atoms with Crippen molar-refractivity contribution in [2.75, 3.05) is 0 Å². The summed E-state index contributed by atoms with van der Waals surface area (Å²) in [7, 11) is 0. The van der Waals surface area contributed by atoms with Crippen molar-refractivity contribution >= 4 is 43.6 Å². The van der Waals surface area contributed by atoms with Crippen LogP contribution in [0, 0.1) is 0 Å². The molecule has 4 heteroatoms. The van der Waals surface area contributed by atoms with Gasteiger partial charge >= 0.3 is 5.97 Å². The van der Waals surface area contributed by atoms with Gasteiger partial charge in [0.1, 0.15) is 5.58 Å². The number of aromatic carboxylic acids is 1. The van der Waals surface area contributed by atoms with Crippen molar-refractivity contribution in [3.63, 3.8) is 0 Å². The molecular formula is C15H11BrO3. The molecule has 3 rings (SSSR count). The van der Waals surface area contributed by atoms with Crippen LogP contribution in [0.15, 0.2) is 39.2 Å². The summed E-state index contributed by atoms with van der Waals surface area (Å²) in [5, 5.41) is 12.2. The molecule has 0 radical (unpaired) electrons. The second-order valence-corrected chi connectivity index (χ2v) is 5.15. The number of aryl methyl sites for hydroxylation is 1. The van der Waals surface area contributed by atoms with Crippen molar-refractivity contribution in [3.05, 3.63) is 46.1 Å². The molecule has 0 saturated heterocycles. The fourth-order valence-corrected chi connectivity index (χ4v) is 3.07. The van der Waals surface area contributed by atoms with E-state index in [0.717, 1.165) is 26.2 Å². The minimum atomic E-state index is -1.02. The Kier molecular flexibility index (Phi) is 2.82. The molecule has 3 nitrogen and oxygen atoms in total. The Bertz CT molecular complexity index is 802. The van der Waals surface area contributed by atoms with Gasteiger partial charge in [0, 0.05) is 10.9 Å². The van der Waals surface area contributed by atoms with Crippen LogP contribution < -0.4 is 0 Å². The fraction of sp³-hybridized carbons (Fsp3) is 0.133. The highest BCUT2D eigenvalue weighted by Gasteiger charge is 2.21. The average Bonchev–Trinajstić information content (AvgIpc) is 2.78. The van der Waals surface area contributed by atoms with E-state index in [2.05, 4.69) is 15.9 Å². The maximum absolute atomic E-state index is 11.2.